The van der Waals surface area contributed by atoms with Gasteiger partial charge in [0.25, 0.3) is 0 Å². The highest BCUT2D eigenvalue weighted by molar-refractivity contribution is 7.47. The number of carbonyl (C=O) groups is 2. The van der Waals surface area contributed by atoms with E-state index in [9.17, 15) is 19.0 Å². The number of carbonyl (C=O) groups excluding carboxylic acids is 2. The van der Waals surface area contributed by atoms with Crippen LogP contribution < -0.4 is 0 Å². The Kier molecular flexibility index (Phi) is 34.8. The van der Waals surface area contributed by atoms with E-state index < -0.39 is 32.5 Å². The van der Waals surface area contributed by atoms with E-state index in [0.717, 1.165) is 83.5 Å². The second-order valence-corrected chi connectivity index (χ2v) is 16.4. The second kappa shape index (κ2) is 36.4. The van der Waals surface area contributed by atoms with Gasteiger partial charge in [0.1, 0.15) is 19.8 Å². The molecule has 10 heteroatoms. The molecule has 0 saturated carbocycles. The van der Waals surface area contributed by atoms with Crippen LogP contribution in [-0.4, -0.2) is 74.9 Å². The molecule has 1 unspecified atom stereocenters. The first-order valence-electron chi connectivity index (χ1n) is 21.0. The van der Waals surface area contributed by atoms with Crippen molar-refractivity contribution in [3.05, 3.63) is 60.8 Å². The average molecular weight is 781 g/mol. The normalized spacial score (nSPS) is 14.3. The summed E-state index contributed by atoms with van der Waals surface area (Å²) in [5.74, 6) is -0.842. The van der Waals surface area contributed by atoms with Gasteiger partial charge in [-0.1, -0.05) is 126 Å². The van der Waals surface area contributed by atoms with Gasteiger partial charge in [-0.25, -0.2) is 4.57 Å². The Hall–Kier alpha value is -2.29. The molecule has 0 amide bonds. The van der Waals surface area contributed by atoms with Crippen LogP contribution >= 0.6 is 7.82 Å². The third kappa shape index (κ3) is 39.4. The van der Waals surface area contributed by atoms with Crippen molar-refractivity contribution in [2.75, 3.05) is 47.5 Å². The van der Waals surface area contributed by atoms with Crippen LogP contribution in [0.3, 0.4) is 0 Å². The van der Waals surface area contributed by atoms with Gasteiger partial charge in [0, 0.05) is 12.8 Å². The second-order valence-electron chi connectivity index (χ2n) is 15.0. The molecule has 0 saturated heterocycles. The Morgan fingerprint density at radius 2 is 1.06 bits per heavy atom. The van der Waals surface area contributed by atoms with E-state index in [1.54, 1.807) is 0 Å². The molecule has 0 aliphatic rings. The fraction of sp³-hybridized carbons (Fsp3) is 0.727. The van der Waals surface area contributed by atoms with Crippen molar-refractivity contribution in [3.8, 4) is 0 Å². The Labute approximate surface area is 330 Å². The van der Waals surface area contributed by atoms with Crippen LogP contribution in [0.15, 0.2) is 60.8 Å². The first kappa shape index (κ1) is 51.7. The fourth-order valence-electron chi connectivity index (χ4n) is 5.23. The van der Waals surface area contributed by atoms with Crippen LogP contribution in [0.2, 0.25) is 0 Å². The van der Waals surface area contributed by atoms with Gasteiger partial charge in [-0.05, 0) is 77.0 Å². The van der Waals surface area contributed by atoms with Gasteiger partial charge in [0.15, 0.2) is 6.10 Å². The number of hydrogen-bond donors (Lipinski definition) is 1. The highest BCUT2D eigenvalue weighted by Crippen LogP contribution is 2.43. The predicted octanol–water partition coefficient (Wildman–Crippen LogP) is 11.7. The monoisotopic (exact) mass is 781 g/mol. The molecule has 0 rings (SSSR count). The smallest absolute Gasteiger partial charge is 0.462 e. The van der Waals surface area contributed by atoms with Crippen molar-refractivity contribution in [3.63, 3.8) is 0 Å². The maximum Gasteiger partial charge on any atom is 0.472 e. The molecule has 54 heavy (non-hydrogen) atoms. The lowest BCUT2D eigenvalue weighted by molar-refractivity contribution is -0.870. The highest BCUT2D eigenvalue weighted by Gasteiger charge is 2.27. The quantitative estimate of drug-likeness (QED) is 0.0218. The Morgan fingerprint density at radius 3 is 1.59 bits per heavy atom. The largest absolute Gasteiger partial charge is 0.472 e. The summed E-state index contributed by atoms with van der Waals surface area (Å²) in [5, 5.41) is 0. The van der Waals surface area contributed by atoms with Crippen LogP contribution in [0.1, 0.15) is 155 Å². The van der Waals surface area contributed by atoms with E-state index in [2.05, 4.69) is 74.6 Å². The average Bonchev–Trinajstić information content (AvgIpc) is 3.12. The van der Waals surface area contributed by atoms with Gasteiger partial charge in [0.2, 0.25) is 0 Å². The molecule has 0 bridgehead atoms. The van der Waals surface area contributed by atoms with Crippen LogP contribution in [0.4, 0.5) is 0 Å². The summed E-state index contributed by atoms with van der Waals surface area (Å²) in [6, 6.07) is 0. The fourth-order valence-corrected chi connectivity index (χ4v) is 5.97. The molecule has 0 aromatic rings. The number of esters is 2. The molecule has 0 heterocycles. The maximum absolute atomic E-state index is 12.6. The lowest BCUT2D eigenvalue weighted by Crippen LogP contribution is -2.37. The number of likely N-dealkylation sites (N-methyl/N-ethyl adjacent to an activating group) is 1. The lowest BCUT2D eigenvalue weighted by atomic mass is 10.1. The predicted molar refractivity (Wildman–Crippen MR) is 224 cm³/mol. The summed E-state index contributed by atoms with van der Waals surface area (Å²) >= 11 is 0. The molecule has 0 fully saturated rings. The van der Waals surface area contributed by atoms with Gasteiger partial charge in [0.05, 0.1) is 27.7 Å². The number of rotatable bonds is 37. The number of unbranched alkanes of at least 4 members (excludes halogenated alkanes) is 13. The van der Waals surface area contributed by atoms with E-state index in [-0.39, 0.29) is 26.1 Å². The standard InChI is InChI=1S/C44H78NO8P/c1-6-8-10-12-14-16-18-20-21-22-23-25-26-28-30-32-34-36-43(46)50-40-42(41-52-54(48,49)51-39-38-45(3,4)5)53-44(47)37-35-33-31-29-27-24-19-17-15-13-11-9-7-2/h8,10,14,16-17,19-21,23,25,42H,6-7,9,11-13,15,18,22,24,26-41H2,1-5H3/p+1/b10-8-,16-14-,19-17-,21-20-,25-23-/t42-/m1/s1. The topological polar surface area (TPSA) is 108 Å². The van der Waals surface area contributed by atoms with Crippen molar-refractivity contribution in [1.29, 1.82) is 0 Å². The van der Waals surface area contributed by atoms with Gasteiger partial charge >= 0.3 is 19.8 Å². The van der Waals surface area contributed by atoms with Crippen molar-refractivity contribution >= 4 is 19.8 Å². The van der Waals surface area contributed by atoms with Gasteiger partial charge in [-0.2, -0.15) is 0 Å². The van der Waals surface area contributed by atoms with Gasteiger partial charge in [-0.3, -0.25) is 18.6 Å². The minimum absolute atomic E-state index is 0.0233. The van der Waals surface area contributed by atoms with E-state index >= 15 is 0 Å². The number of phosphoric acid groups is 1. The van der Waals surface area contributed by atoms with Crippen LogP contribution in [0, 0.1) is 0 Å². The van der Waals surface area contributed by atoms with Crippen molar-refractivity contribution in [1.82, 2.24) is 0 Å². The van der Waals surface area contributed by atoms with Crippen molar-refractivity contribution in [2.24, 2.45) is 0 Å². The highest BCUT2D eigenvalue weighted by atomic mass is 31.2. The summed E-state index contributed by atoms with van der Waals surface area (Å²) in [5.41, 5.74) is 0. The third-order valence-electron chi connectivity index (χ3n) is 8.53. The number of ether oxygens (including phenoxy) is 2. The number of quaternary nitrogens is 1. The molecule has 0 aliphatic heterocycles. The minimum Gasteiger partial charge on any atom is -0.462 e. The number of phosphoric ester groups is 1. The Bertz CT molecular complexity index is 1110. The molecule has 0 aromatic carbocycles. The SMILES string of the molecule is CC/C=C\C/C=C\C/C=C\C/C=C\CCCCCCC(=O)OC[C@H](COP(=O)(O)OCC[N+](C)(C)C)OC(=O)CCCCCCC/C=C\CCCCCC. The zero-order valence-corrected chi connectivity index (χ0v) is 35.8. The molecule has 0 aliphatic carbocycles. The van der Waals surface area contributed by atoms with Crippen LogP contribution in [0.5, 0.6) is 0 Å². The van der Waals surface area contributed by atoms with Crippen molar-refractivity contribution < 1.29 is 42.1 Å². The summed E-state index contributed by atoms with van der Waals surface area (Å²) in [6.45, 7) is 4.23. The maximum atomic E-state index is 12.6. The first-order valence-corrected chi connectivity index (χ1v) is 22.5. The summed E-state index contributed by atoms with van der Waals surface area (Å²) in [6.07, 6.45) is 42.6. The number of allylic oxidation sites excluding steroid dienone is 10. The first-order chi connectivity index (χ1) is 26.0. The lowest BCUT2D eigenvalue weighted by Gasteiger charge is -2.24. The molecule has 0 aromatic heterocycles. The molecule has 1 N–H and O–H groups in total. The summed E-state index contributed by atoms with van der Waals surface area (Å²) in [4.78, 5) is 35.3. The third-order valence-corrected chi connectivity index (χ3v) is 9.52. The van der Waals surface area contributed by atoms with E-state index in [1.807, 2.05) is 21.1 Å². The number of hydrogen-bond acceptors (Lipinski definition) is 7. The Balaban J connectivity index is 4.45. The number of nitrogens with zero attached hydrogens (tertiary/aromatic N) is 1. The van der Waals surface area contributed by atoms with Crippen LogP contribution in [0.25, 0.3) is 0 Å². The molecule has 0 spiro atoms. The molecular formula is C44H79NO8P+. The molecule has 2 atom stereocenters. The van der Waals surface area contributed by atoms with E-state index in [1.165, 1.54) is 32.1 Å². The van der Waals surface area contributed by atoms with E-state index in [0.29, 0.717) is 23.9 Å². The molecular weight excluding hydrogens is 701 g/mol. The minimum atomic E-state index is -4.38. The molecule has 312 valence electrons. The van der Waals surface area contributed by atoms with Crippen molar-refractivity contribution in [2.45, 2.75) is 161 Å². The zero-order chi connectivity index (χ0) is 40.0. The van der Waals surface area contributed by atoms with Gasteiger partial charge in [-0.15, -0.1) is 0 Å². The summed E-state index contributed by atoms with van der Waals surface area (Å²) < 4.78 is 34.2. The van der Waals surface area contributed by atoms with E-state index in [4.69, 9.17) is 18.5 Å². The molecule has 0 radical (unpaired) electrons. The Morgan fingerprint density at radius 1 is 0.593 bits per heavy atom. The zero-order valence-electron chi connectivity index (χ0n) is 34.9. The molecule has 9 nitrogen and oxygen atoms in total. The van der Waals surface area contributed by atoms with Gasteiger partial charge < -0.3 is 18.9 Å². The summed E-state index contributed by atoms with van der Waals surface area (Å²) in [7, 11) is 1.45. The van der Waals surface area contributed by atoms with Crippen LogP contribution in [-0.2, 0) is 32.7 Å².